The standard InChI is InChI=1S/C14H20ClNO/c15-13-9-12(7-8-14(13)17)16-10-11-5-3-1-2-4-6-11/h7-9,11,16-17H,1-6,10H2. The Hall–Kier alpha value is -0.890. The summed E-state index contributed by atoms with van der Waals surface area (Å²) in [6.07, 6.45) is 8.17. The zero-order valence-electron chi connectivity index (χ0n) is 10.1. The van der Waals surface area contributed by atoms with E-state index >= 15 is 0 Å². The second-order valence-corrected chi connectivity index (χ2v) is 5.31. The zero-order valence-corrected chi connectivity index (χ0v) is 10.8. The van der Waals surface area contributed by atoms with E-state index < -0.39 is 0 Å². The van der Waals surface area contributed by atoms with Crippen LogP contribution in [-0.2, 0) is 0 Å². The number of aromatic hydroxyl groups is 1. The molecule has 0 unspecified atom stereocenters. The van der Waals surface area contributed by atoms with Crippen molar-refractivity contribution < 1.29 is 5.11 Å². The number of hydrogen-bond acceptors (Lipinski definition) is 2. The third kappa shape index (κ3) is 3.81. The maximum Gasteiger partial charge on any atom is 0.134 e. The molecular weight excluding hydrogens is 234 g/mol. The highest BCUT2D eigenvalue weighted by Gasteiger charge is 2.11. The first-order valence-corrected chi connectivity index (χ1v) is 6.86. The van der Waals surface area contributed by atoms with E-state index in [9.17, 15) is 5.11 Å². The average molecular weight is 254 g/mol. The van der Waals surface area contributed by atoms with Gasteiger partial charge in [0.15, 0.2) is 0 Å². The molecule has 17 heavy (non-hydrogen) atoms. The summed E-state index contributed by atoms with van der Waals surface area (Å²) in [5, 5.41) is 13.2. The van der Waals surface area contributed by atoms with Crippen molar-refractivity contribution >= 4 is 17.3 Å². The van der Waals surface area contributed by atoms with Crippen molar-refractivity contribution in [2.75, 3.05) is 11.9 Å². The average Bonchev–Trinajstić information content (AvgIpc) is 2.59. The van der Waals surface area contributed by atoms with Gasteiger partial charge in [-0.05, 0) is 37.0 Å². The molecule has 1 fully saturated rings. The molecule has 1 aromatic rings. The van der Waals surface area contributed by atoms with E-state index in [1.807, 2.05) is 6.07 Å². The molecule has 1 aliphatic carbocycles. The molecule has 0 atom stereocenters. The summed E-state index contributed by atoms with van der Waals surface area (Å²) in [4.78, 5) is 0. The van der Waals surface area contributed by atoms with Gasteiger partial charge >= 0.3 is 0 Å². The number of phenolic OH excluding ortho intramolecular Hbond substituents is 1. The molecular formula is C14H20ClNO. The smallest absolute Gasteiger partial charge is 0.134 e. The van der Waals surface area contributed by atoms with Gasteiger partial charge in [0.1, 0.15) is 5.75 Å². The molecule has 0 spiro atoms. The normalized spacial score (nSPS) is 17.7. The van der Waals surface area contributed by atoms with Crippen LogP contribution in [0.2, 0.25) is 5.02 Å². The van der Waals surface area contributed by atoms with Crippen LogP contribution in [0.15, 0.2) is 18.2 Å². The first-order chi connectivity index (χ1) is 8.25. The number of anilines is 1. The molecule has 0 saturated heterocycles. The van der Waals surface area contributed by atoms with Crippen LogP contribution < -0.4 is 5.32 Å². The molecule has 94 valence electrons. The quantitative estimate of drug-likeness (QED) is 0.617. The van der Waals surface area contributed by atoms with Crippen LogP contribution in [0.4, 0.5) is 5.69 Å². The Morgan fingerprint density at radius 3 is 2.53 bits per heavy atom. The van der Waals surface area contributed by atoms with E-state index in [1.54, 1.807) is 12.1 Å². The highest BCUT2D eigenvalue weighted by Crippen LogP contribution is 2.27. The Labute approximate surface area is 108 Å². The third-order valence-electron chi connectivity index (χ3n) is 3.52. The van der Waals surface area contributed by atoms with Crippen LogP contribution in [0.5, 0.6) is 5.75 Å². The van der Waals surface area contributed by atoms with Gasteiger partial charge in [-0.1, -0.05) is 37.3 Å². The first-order valence-electron chi connectivity index (χ1n) is 6.48. The lowest BCUT2D eigenvalue weighted by Gasteiger charge is -2.16. The van der Waals surface area contributed by atoms with Gasteiger partial charge < -0.3 is 10.4 Å². The lowest BCUT2D eigenvalue weighted by Crippen LogP contribution is -2.13. The van der Waals surface area contributed by atoms with Crippen molar-refractivity contribution in [2.45, 2.75) is 38.5 Å². The fraction of sp³-hybridized carbons (Fsp3) is 0.571. The summed E-state index contributed by atoms with van der Waals surface area (Å²) in [7, 11) is 0. The fourth-order valence-corrected chi connectivity index (χ4v) is 2.63. The van der Waals surface area contributed by atoms with Gasteiger partial charge in [0.2, 0.25) is 0 Å². The van der Waals surface area contributed by atoms with E-state index in [0.717, 1.165) is 18.2 Å². The van der Waals surface area contributed by atoms with E-state index in [2.05, 4.69) is 5.32 Å². The van der Waals surface area contributed by atoms with E-state index in [-0.39, 0.29) is 5.75 Å². The molecule has 2 nitrogen and oxygen atoms in total. The SMILES string of the molecule is Oc1ccc(NCC2CCCCCC2)cc1Cl. The Bertz CT molecular complexity index is 359. The van der Waals surface area contributed by atoms with Crippen molar-refractivity contribution in [1.82, 2.24) is 0 Å². The second kappa shape index (κ2) is 6.15. The minimum atomic E-state index is 0.145. The van der Waals surface area contributed by atoms with Crippen LogP contribution in [0.1, 0.15) is 38.5 Å². The van der Waals surface area contributed by atoms with Crippen molar-refractivity contribution in [3.63, 3.8) is 0 Å². The van der Waals surface area contributed by atoms with Gasteiger partial charge in [-0.2, -0.15) is 0 Å². The van der Waals surface area contributed by atoms with Gasteiger partial charge in [-0.15, -0.1) is 0 Å². The Morgan fingerprint density at radius 1 is 1.18 bits per heavy atom. The fourth-order valence-electron chi connectivity index (χ4n) is 2.45. The molecule has 0 radical (unpaired) electrons. The van der Waals surface area contributed by atoms with Gasteiger partial charge in [-0.3, -0.25) is 0 Å². The van der Waals surface area contributed by atoms with Crippen molar-refractivity contribution in [2.24, 2.45) is 5.92 Å². The maximum atomic E-state index is 9.34. The molecule has 0 aliphatic heterocycles. The summed E-state index contributed by atoms with van der Waals surface area (Å²) in [6, 6.07) is 5.29. The molecule has 3 heteroatoms. The highest BCUT2D eigenvalue weighted by molar-refractivity contribution is 6.32. The lowest BCUT2D eigenvalue weighted by atomic mass is 10.0. The molecule has 0 heterocycles. The molecule has 1 saturated carbocycles. The molecule has 2 rings (SSSR count). The predicted octanol–water partition coefficient (Wildman–Crippen LogP) is 4.43. The van der Waals surface area contributed by atoms with Crippen molar-refractivity contribution in [3.05, 3.63) is 23.2 Å². The molecule has 2 N–H and O–H groups in total. The monoisotopic (exact) mass is 253 g/mol. The minimum absolute atomic E-state index is 0.145. The summed E-state index contributed by atoms with van der Waals surface area (Å²) >= 11 is 5.87. The maximum absolute atomic E-state index is 9.34. The van der Waals surface area contributed by atoms with Crippen LogP contribution in [0, 0.1) is 5.92 Å². The topological polar surface area (TPSA) is 32.3 Å². The predicted molar refractivity (Wildman–Crippen MR) is 72.8 cm³/mol. The number of nitrogens with one attached hydrogen (secondary N) is 1. The van der Waals surface area contributed by atoms with Crippen LogP contribution in [-0.4, -0.2) is 11.7 Å². The summed E-state index contributed by atoms with van der Waals surface area (Å²) in [5.41, 5.74) is 0.997. The first kappa shape index (κ1) is 12.6. The Balaban J connectivity index is 1.85. The van der Waals surface area contributed by atoms with E-state index in [1.165, 1.54) is 38.5 Å². The van der Waals surface area contributed by atoms with E-state index in [0.29, 0.717) is 5.02 Å². The number of rotatable bonds is 3. The van der Waals surface area contributed by atoms with Crippen LogP contribution >= 0.6 is 11.6 Å². The summed E-state index contributed by atoms with van der Waals surface area (Å²) in [5.74, 6) is 0.928. The van der Waals surface area contributed by atoms with Gasteiger partial charge in [0.05, 0.1) is 5.02 Å². The largest absolute Gasteiger partial charge is 0.506 e. The van der Waals surface area contributed by atoms with Crippen LogP contribution in [0.25, 0.3) is 0 Å². The zero-order chi connectivity index (χ0) is 12.1. The lowest BCUT2D eigenvalue weighted by molar-refractivity contribution is 0.475. The van der Waals surface area contributed by atoms with Gasteiger partial charge in [0, 0.05) is 12.2 Å². The summed E-state index contributed by atoms with van der Waals surface area (Å²) in [6.45, 7) is 1.01. The van der Waals surface area contributed by atoms with Gasteiger partial charge in [0.25, 0.3) is 0 Å². The van der Waals surface area contributed by atoms with Crippen LogP contribution in [0.3, 0.4) is 0 Å². The number of halogens is 1. The minimum Gasteiger partial charge on any atom is -0.506 e. The summed E-state index contributed by atoms with van der Waals surface area (Å²) < 4.78 is 0. The van der Waals surface area contributed by atoms with Crippen molar-refractivity contribution in [3.8, 4) is 5.75 Å². The number of hydrogen-bond donors (Lipinski definition) is 2. The van der Waals surface area contributed by atoms with Gasteiger partial charge in [-0.25, -0.2) is 0 Å². The molecule has 0 aromatic heterocycles. The Morgan fingerprint density at radius 2 is 1.88 bits per heavy atom. The van der Waals surface area contributed by atoms with Crippen molar-refractivity contribution in [1.29, 1.82) is 0 Å². The number of benzene rings is 1. The molecule has 1 aromatic carbocycles. The highest BCUT2D eigenvalue weighted by atomic mass is 35.5. The molecule has 1 aliphatic rings. The second-order valence-electron chi connectivity index (χ2n) is 4.90. The number of phenols is 1. The molecule has 0 bridgehead atoms. The van der Waals surface area contributed by atoms with E-state index in [4.69, 9.17) is 11.6 Å². The third-order valence-corrected chi connectivity index (χ3v) is 3.82. The Kier molecular flexibility index (Phi) is 4.55. The molecule has 0 amide bonds.